The Bertz CT molecular complexity index is 400. The monoisotopic (exact) mass is 252 g/mol. The zero-order valence-corrected chi connectivity index (χ0v) is 11.0. The van der Waals surface area contributed by atoms with E-state index in [2.05, 4.69) is 5.32 Å². The summed E-state index contributed by atoms with van der Waals surface area (Å²) in [5.74, 6) is 0.0703. The zero-order chi connectivity index (χ0) is 13.7. The molecular weight excluding hydrogens is 232 g/mol. The van der Waals surface area contributed by atoms with E-state index in [1.807, 2.05) is 18.9 Å². The maximum Gasteiger partial charge on any atom is 0.221 e. The third-order valence-corrected chi connectivity index (χ3v) is 3.04. The standard InChI is InChI=1S/C13H20N2O3/c1-9(15(3)5-4-13(18)14-2)10-6-11(16)8-12(17)7-10/h6-9,16-17H,4-5H2,1-3H3,(H,14,18). The minimum Gasteiger partial charge on any atom is -0.508 e. The Balaban J connectivity index is 2.67. The van der Waals surface area contributed by atoms with Crippen molar-refractivity contribution >= 4 is 5.91 Å². The van der Waals surface area contributed by atoms with Crippen LogP contribution >= 0.6 is 0 Å². The van der Waals surface area contributed by atoms with Gasteiger partial charge in [0.05, 0.1) is 0 Å². The molecule has 1 atom stereocenters. The predicted octanol–water partition coefficient (Wildman–Crippen LogP) is 1.23. The van der Waals surface area contributed by atoms with Gasteiger partial charge < -0.3 is 15.5 Å². The van der Waals surface area contributed by atoms with Crippen molar-refractivity contribution in [1.82, 2.24) is 10.2 Å². The molecule has 0 fully saturated rings. The van der Waals surface area contributed by atoms with Gasteiger partial charge in [0, 0.05) is 32.1 Å². The Labute approximate surface area is 107 Å². The lowest BCUT2D eigenvalue weighted by Gasteiger charge is -2.25. The van der Waals surface area contributed by atoms with E-state index in [-0.39, 0.29) is 23.4 Å². The molecule has 1 unspecified atom stereocenters. The minimum absolute atomic E-state index is 0.00666. The first-order valence-corrected chi connectivity index (χ1v) is 5.87. The number of hydrogen-bond donors (Lipinski definition) is 3. The number of hydrogen-bond acceptors (Lipinski definition) is 4. The lowest BCUT2D eigenvalue weighted by atomic mass is 10.1. The van der Waals surface area contributed by atoms with Crippen LogP contribution in [0.3, 0.4) is 0 Å². The molecule has 0 aromatic heterocycles. The lowest BCUT2D eigenvalue weighted by molar-refractivity contribution is -0.120. The third kappa shape index (κ3) is 3.92. The second-order valence-corrected chi connectivity index (χ2v) is 4.36. The van der Waals surface area contributed by atoms with Gasteiger partial charge in [-0.15, -0.1) is 0 Å². The first-order valence-electron chi connectivity index (χ1n) is 5.87. The quantitative estimate of drug-likeness (QED) is 0.737. The van der Waals surface area contributed by atoms with Gasteiger partial charge >= 0.3 is 0 Å². The van der Waals surface area contributed by atoms with Crippen LogP contribution in [0.1, 0.15) is 24.9 Å². The highest BCUT2D eigenvalue weighted by Gasteiger charge is 2.14. The van der Waals surface area contributed by atoms with Crippen molar-refractivity contribution in [3.8, 4) is 11.5 Å². The van der Waals surface area contributed by atoms with Crippen LogP contribution in [0.2, 0.25) is 0 Å². The van der Waals surface area contributed by atoms with Crippen LogP contribution in [-0.2, 0) is 4.79 Å². The van der Waals surface area contributed by atoms with Gasteiger partial charge in [0.25, 0.3) is 0 Å². The molecule has 3 N–H and O–H groups in total. The SMILES string of the molecule is CNC(=O)CCN(C)C(C)c1cc(O)cc(O)c1. The molecule has 0 aliphatic rings. The number of aromatic hydroxyl groups is 2. The first-order chi connectivity index (χ1) is 8.43. The van der Waals surface area contributed by atoms with E-state index in [0.29, 0.717) is 13.0 Å². The number of nitrogens with one attached hydrogen (secondary N) is 1. The molecule has 0 spiro atoms. The van der Waals surface area contributed by atoms with Crippen LogP contribution in [0.5, 0.6) is 11.5 Å². The van der Waals surface area contributed by atoms with Crippen LogP contribution < -0.4 is 5.32 Å². The largest absolute Gasteiger partial charge is 0.508 e. The zero-order valence-electron chi connectivity index (χ0n) is 11.0. The number of benzene rings is 1. The molecule has 18 heavy (non-hydrogen) atoms. The van der Waals surface area contributed by atoms with E-state index < -0.39 is 0 Å². The molecule has 0 saturated carbocycles. The van der Waals surface area contributed by atoms with E-state index in [9.17, 15) is 15.0 Å². The average molecular weight is 252 g/mol. The van der Waals surface area contributed by atoms with Gasteiger partial charge in [-0.2, -0.15) is 0 Å². The summed E-state index contributed by atoms with van der Waals surface area (Å²) in [6, 6.07) is 4.52. The van der Waals surface area contributed by atoms with Crippen LogP contribution in [0.25, 0.3) is 0 Å². The third-order valence-electron chi connectivity index (χ3n) is 3.04. The molecule has 0 bridgehead atoms. The molecule has 5 nitrogen and oxygen atoms in total. The molecule has 0 heterocycles. The summed E-state index contributed by atoms with van der Waals surface area (Å²) in [5, 5.41) is 21.4. The molecule has 0 radical (unpaired) electrons. The van der Waals surface area contributed by atoms with Crippen molar-refractivity contribution in [2.75, 3.05) is 20.6 Å². The van der Waals surface area contributed by atoms with Crippen molar-refractivity contribution < 1.29 is 15.0 Å². The number of rotatable bonds is 5. The number of nitrogens with zero attached hydrogens (tertiary/aromatic N) is 1. The summed E-state index contributed by atoms with van der Waals surface area (Å²) in [6.45, 7) is 2.56. The summed E-state index contributed by atoms with van der Waals surface area (Å²) >= 11 is 0. The highest BCUT2D eigenvalue weighted by molar-refractivity contribution is 5.75. The Hall–Kier alpha value is -1.75. The summed E-state index contributed by atoms with van der Waals surface area (Å²) < 4.78 is 0. The highest BCUT2D eigenvalue weighted by atomic mass is 16.3. The van der Waals surface area contributed by atoms with Crippen molar-refractivity contribution in [2.45, 2.75) is 19.4 Å². The van der Waals surface area contributed by atoms with Gasteiger partial charge in [0.1, 0.15) is 11.5 Å². The van der Waals surface area contributed by atoms with E-state index in [1.54, 1.807) is 19.2 Å². The van der Waals surface area contributed by atoms with Crippen LogP contribution in [0.15, 0.2) is 18.2 Å². The minimum atomic E-state index is -0.00666. The molecule has 1 rings (SSSR count). The molecule has 1 amide bonds. The number of carbonyl (C=O) groups is 1. The van der Waals surface area contributed by atoms with Crippen LogP contribution in [0.4, 0.5) is 0 Å². The summed E-state index contributed by atoms with van der Waals surface area (Å²) in [5.41, 5.74) is 0.812. The first kappa shape index (κ1) is 14.3. The van der Waals surface area contributed by atoms with Gasteiger partial charge in [-0.05, 0) is 31.7 Å². The van der Waals surface area contributed by atoms with Crippen molar-refractivity contribution in [1.29, 1.82) is 0 Å². The van der Waals surface area contributed by atoms with Crippen LogP contribution in [0, 0.1) is 0 Å². The summed E-state index contributed by atoms with van der Waals surface area (Å²) in [7, 11) is 3.51. The maximum atomic E-state index is 11.2. The Kier molecular flexibility index (Phi) is 4.97. The number of carbonyl (C=O) groups excluding carboxylic acids is 1. The molecule has 0 saturated heterocycles. The van der Waals surface area contributed by atoms with Crippen molar-refractivity contribution in [3.05, 3.63) is 23.8 Å². The molecule has 0 aliphatic carbocycles. The fourth-order valence-corrected chi connectivity index (χ4v) is 1.71. The van der Waals surface area contributed by atoms with Crippen molar-refractivity contribution in [3.63, 3.8) is 0 Å². The van der Waals surface area contributed by atoms with Gasteiger partial charge in [-0.3, -0.25) is 9.69 Å². The van der Waals surface area contributed by atoms with E-state index in [4.69, 9.17) is 0 Å². The molecule has 100 valence electrons. The average Bonchev–Trinajstić information content (AvgIpc) is 2.33. The second kappa shape index (κ2) is 6.26. The number of amides is 1. The van der Waals surface area contributed by atoms with Gasteiger partial charge in [0.2, 0.25) is 5.91 Å². The molecule has 1 aromatic carbocycles. The van der Waals surface area contributed by atoms with Gasteiger partial charge in [-0.25, -0.2) is 0 Å². The van der Waals surface area contributed by atoms with E-state index in [0.717, 1.165) is 5.56 Å². The van der Waals surface area contributed by atoms with Crippen LogP contribution in [-0.4, -0.2) is 41.7 Å². The summed E-state index contributed by atoms with van der Waals surface area (Å²) in [4.78, 5) is 13.2. The van der Waals surface area contributed by atoms with Gasteiger partial charge in [-0.1, -0.05) is 0 Å². The van der Waals surface area contributed by atoms with E-state index >= 15 is 0 Å². The fourth-order valence-electron chi connectivity index (χ4n) is 1.71. The maximum absolute atomic E-state index is 11.2. The van der Waals surface area contributed by atoms with Gasteiger partial charge in [0.15, 0.2) is 0 Å². The second-order valence-electron chi connectivity index (χ2n) is 4.36. The Morgan fingerprint density at radius 3 is 2.39 bits per heavy atom. The van der Waals surface area contributed by atoms with E-state index in [1.165, 1.54) is 6.07 Å². The fraction of sp³-hybridized carbons (Fsp3) is 0.462. The normalized spacial score (nSPS) is 12.4. The number of phenolic OH excluding ortho intramolecular Hbond substituents is 2. The summed E-state index contributed by atoms with van der Waals surface area (Å²) in [6.07, 6.45) is 0.419. The van der Waals surface area contributed by atoms with Crippen molar-refractivity contribution in [2.24, 2.45) is 0 Å². The molecular formula is C13H20N2O3. The Morgan fingerprint density at radius 1 is 1.33 bits per heavy atom. The predicted molar refractivity (Wildman–Crippen MR) is 69.5 cm³/mol. The smallest absolute Gasteiger partial charge is 0.221 e. The lowest BCUT2D eigenvalue weighted by Crippen LogP contribution is -2.28. The topological polar surface area (TPSA) is 72.8 Å². The molecule has 1 aromatic rings. The Morgan fingerprint density at radius 2 is 1.89 bits per heavy atom. The number of phenols is 2. The molecule has 0 aliphatic heterocycles. The highest BCUT2D eigenvalue weighted by Crippen LogP contribution is 2.27. The molecule has 5 heteroatoms.